The molecule has 1 aliphatic carbocycles. The minimum Gasteiger partial charge on any atom is -0.481 e. The zero-order valence-electron chi connectivity index (χ0n) is 11.1. The van der Waals surface area contributed by atoms with E-state index in [0.717, 1.165) is 0 Å². The van der Waals surface area contributed by atoms with Gasteiger partial charge in [0, 0.05) is 5.56 Å². The minimum absolute atomic E-state index is 0.295. The van der Waals surface area contributed by atoms with E-state index in [9.17, 15) is 9.90 Å². The van der Waals surface area contributed by atoms with Gasteiger partial charge >= 0.3 is 5.97 Å². The molecule has 0 amide bonds. The number of aliphatic carboxylic acids is 1. The number of allylic oxidation sites excluding steroid dienone is 2. The SMILES string of the molecule is O=C(O)[C@H]1CC=CC[C@H]1c1nc(-c2ccccc2Cl)no1. The third-order valence-corrected chi connectivity index (χ3v) is 3.95. The van der Waals surface area contributed by atoms with Crippen LogP contribution < -0.4 is 0 Å². The maximum absolute atomic E-state index is 11.3. The molecule has 3 rings (SSSR count). The predicted octanol–water partition coefficient (Wildman–Crippen LogP) is 3.52. The Morgan fingerprint density at radius 1 is 1.29 bits per heavy atom. The highest BCUT2D eigenvalue weighted by molar-refractivity contribution is 6.33. The number of carboxylic acids is 1. The predicted molar refractivity (Wildman–Crippen MR) is 77.0 cm³/mol. The van der Waals surface area contributed by atoms with Crippen molar-refractivity contribution < 1.29 is 14.4 Å². The normalized spacial score (nSPS) is 21.4. The van der Waals surface area contributed by atoms with E-state index in [0.29, 0.717) is 35.1 Å². The molecule has 0 saturated carbocycles. The summed E-state index contributed by atoms with van der Waals surface area (Å²) in [6.07, 6.45) is 4.88. The number of hydrogen-bond acceptors (Lipinski definition) is 4. The average molecular weight is 305 g/mol. The van der Waals surface area contributed by atoms with Crippen molar-refractivity contribution in [1.29, 1.82) is 0 Å². The van der Waals surface area contributed by atoms with Gasteiger partial charge in [0.2, 0.25) is 11.7 Å². The van der Waals surface area contributed by atoms with Crippen molar-refractivity contribution >= 4 is 17.6 Å². The zero-order valence-corrected chi connectivity index (χ0v) is 11.8. The summed E-state index contributed by atoms with van der Waals surface area (Å²) >= 11 is 6.11. The first-order valence-corrected chi connectivity index (χ1v) is 7.01. The van der Waals surface area contributed by atoms with Gasteiger partial charge in [-0.05, 0) is 25.0 Å². The van der Waals surface area contributed by atoms with Crippen molar-refractivity contribution in [3.63, 3.8) is 0 Å². The lowest BCUT2D eigenvalue weighted by molar-refractivity contribution is -0.142. The van der Waals surface area contributed by atoms with Crippen LogP contribution in [-0.2, 0) is 4.79 Å². The van der Waals surface area contributed by atoms with Crippen LogP contribution in [0.25, 0.3) is 11.4 Å². The molecule has 0 fully saturated rings. The highest BCUT2D eigenvalue weighted by Crippen LogP contribution is 2.35. The second kappa shape index (κ2) is 5.69. The van der Waals surface area contributed by atoms with Crippen LogP contribution in [0.5, 0.6) is 0 Å². The smallest absolute Gasteiger partial charge is 0.307 e. The fourth-order valence-electron chi connectivity index (χ4n) is 2.50. The zero-order chi connectivity index (χ0) is 14.8. The van der Waals surface area contributed by atoms with Crippen molar-refractivity contribution in [2.45, 2.75) is 18.8 Å². The van der Waals surface area contributed by atoms with Crippen LogP contribution in [-0.4, -0.2) is 21.2 Å². The molecule has 1 aliphatic rings. The largest absolute Gasteiger partial charge is 0.481 e. The van der Waals surface area contributed by atoms with Crippen LogP contribution in [0.2, 0.25) is 5.02 Å². The first kappa shape index (κ1) is 13.8. The summed E-state index contributed by atoms with van der Waals surface area (Å²) in [4.78, 5) is 15.7. The van der Waals surface area contributed by atoms with E-state index >= 15 is 0 Å². The van der Waals surface area contributed by atoms with Gasteiger partial charge < -0.3 is 9.63 Å². The molecular weight excluding hydrogens is 292 g/mol. The van der Waals surface area contributed by atoms with Gasteiger partial charge in [-0.15, -0.1) is 0 Å². The Bertz CT molecular complexity index is 696. The molecule has 2 aromatic rings. The fraction of sp³-hybridized carbons (Fsp3) is 0.267. The summed E-state index contributed by atoms with van der Waals surface area (Å²) in [5.41, 5.74) is 0.674. The minimum atomic E-state index is -0.846. The van der Waals surface area contributed by atoms with Crippen molar-refractivity contribution in [2.75, 3.05) is 0 Å². The summed E-state index contributed by atoms with van der Waals surface area (Å²) in [5.74, 6) is -0.941. The summed E-state index contributed by atoms with van der Waals surface area (Å²) < 4.78 is 5.28. The van der Waals surface area contributed by atoms with Crippen LogP contribution >= 0.6 is 11.6 Å². The quantitative estimate of drug-likeness (QED) is 0.878. The lowest BCUT2D eigenvalue weighted by Gasteiger charge is -2.21. The monoisotopic (exact) mass is 304 g/mol. The molecule has 0 spiro atoms. The van der Waals surface area contributed by atoms with E-state index in [-0.39, 0.29) is 5.92 Å². The van der Waals surface area contributed by atoms with Gasteiger partial charge in [-0.3, -0.25) is 4.79 Å². The lowest BCUT2D eigenvalue weighted by atomic mass is 9.83. The first-order valence-electron chi connectivity index (χ1n) is 6.63. The molecule has 5 nitrogen and oxygen atoms in total. The van der Waals surface area contributed by atoms with Gasteiger partial charge in [0.05, 0.1) is 16.9 Å². The van der Waals surface area contributed by atoms with Crippen LogP contribution in [0.3, 0.4) is 0 Å². The second-order valence-corrected chi connectivity index (χ2v) is 5.34. The number of aromatic nitrogens is 2. The molecule has 0 saturated heterocycles. The average Bonchev–Trinajstić information content (AvgIpc) is 2.97. The van der Waals surface area contributed by atoms with Crippen molar-refractivity contribution in [3.05, 3.63) is 47.3 Å². The Labute approximate surface area is 126 Å². The molecule has 0 bridgehead atoms. The van der Waals surface area contributed by atoms with Gasteiger partial charge in [-0.2, -0.15) is 4.98 Å². The topological polar surface area (TPSA) is 76.2 Å². The Morgan fingerprint density at radius 3 is 2.81 bits per heavy atom. The molecule has 21 heavy (non-hydrogen) atoms. The van der Waals surface area contributed by atoms with Crippen LogP contribution in [0.4, 0.5) is 0 Å². The van der Waals surface area contributed by atoms with Gasteiger partial charge in [-0.1, -0.05) is 41.0 Å². The number of carbonyl (C=O) groups is 1. The van der Waals surface area contributed by atoms with E-state index in [1.54, 1.807) is 12.1 Å². The van der Waals surface area contributed by atoms with Crippen molar-refractivity contribution in [2.24, 2.45) is 5.92 Å². The second-order valence-electron chi connectivity index (χ2n) is 4.93. The van der Waals surface area contributed by atoms with Crippen molar-refractivity contribution in [1.82, 2.24) is 10.1 Å². The highest BCUT2D eigenvalue weighted by atomic mass is 35.5. The summed E-state index contributed by atoms with van der Waals surface area (Å²) in [5, 5.41) is 13.8. The van der Waals surface area contributed by atoms with E-state index in [2.05, 4.69) is 10.1 Å². The maximum Gasteiger partial charge on any atom is 0.307 e. The fourth-order valence-corrected chi connectivity index (χ4v) is 2.72. The van der Waals surface area contributed by atoms with Gasteiger partial charge in [0.25, 0.3) is 0 Å². The van der Waals surface area contributed by atoms with E-state index in [1.807, 2.05) is 24.3 Å². The molecule has 1 aromatic carbocycles. The van der Waals surface area contributed by atoms with Crippen LogP contribution in [0, 0.1) is 5.92 Å². The number of rotatable bonds is 3. The third kappa shape index (κ3) is 2.69. The van der Waals surface area contributed by atoms with E-state index in [4.69, 9.17) is 16.1 Å². The Balaban J connectivity index is 1.93. The highest BCUT2D eigenvalue weighted by Gasteiger charge is 2.34. The molecule has 2 atom stereocenters. The molecule has 1 heterocycles. The number of hydrogen-bond donors (Lipinski definition) is 1. The van der Waals surface area contributed by atoms with Crippen LogP contribution in [0.15, 0.2) is 40.9 Å². The van der Waals surface area contributed by atoms with Gasteiger partial charge in [0.15, 0.2) is 0 Å². The molecule has 1 N–H and O–H groups in total. The van der Waals surface area contributed by atoms with E-state index in [1.165, 1.54) is 0 Å². The summed E-state index contributed by atoms with van der Waals surface area (Å²) in [6, 6.07) is 7.20. The molecule has 1 aromatic heterocycles. The summed E-state index contributed by atoms with van der Waals surface area (Å²) in [6.45, 7) is 0. The molecule has 0 unspecified atom stereocenters. The Hall–Kier alpha value is -2.14. The number of benzene rings is 1. The Morgan fingerprint density at radius 2 is 2.05 bits per heavy atom. The first-order chi connectivity index (χ1) is 10.2. The molecule has 0 aliphatic heterocycles. The van der Waals surface area contributed by atoms with E-state index < -0.39 is 11.9 Å². The molecule has 0 radical (unpaired) electrons. The summed E-state index contributed by atoms with van der Waals surface area (Å²) in [7, 11) is 0. The number of halogens is 1. The number of nitrogens with zero attached hydrogens (tertiary/aromatic N) is 2. The molecular formula is C15H13ClN2O3. The molecule has 108 valence electrons. The third-order valence-electron chi connectivity index (χ3n) is 3.62. The maximum atomic E-state index is 11.3. The van der Waals surface area contributed by atoms with Crippen LogP contribution in [0.1, 0.15) is 24.7 Å². The standard InChI is InChI=1S/C15H13ClN2O3/c16-12-8-4-3-7-11(12)13-17-14(21-18-13)9-5-1-2-6-10(9)15(19)20/h1-4,7-10H,5-6H2,(H,19,20)/t9-,10+/m1/s1. The van der Waals surface area contributed by atoms with Gasteiger partial charge in [0.1, 0.15) is 0 Å². The number of carboxylic acid groups (broad SMARTS) is 1. The lowest BCUT2D eigenvalue weighted by Crippen LogP contribution is -2.23. The Kier molecular flexibility index (Phi) is 3.75. The molecule has 6 heteroatoms. The van der Waals surface area contributed by atoms with Crippen molar-refractivity contribution in [3.8, 4) is 11.4 Å². The van der Waals surface area contributed by atoms with Gasteiger partial charge in [-0.25, -0.2) is 0 Å².